The van der Waals surface area contributed by atoms with Gasteiger partial charge in [-0.2, -0.15) is 0 Å². The van der Waals surface area contributed by atoms with Crippen molar-refractivity contribution in [3.05, 3.63) is 71.9 Å². The minimum Gasteiger partial charge on any atom is -0.361 e. The summed E-state index contributed by atoms with van der Waals surface area (Å²) in [5, 5.41) is 4.29. The summed E-state index contributed by atoms with van der Waals surface area (Å²) in [7, 11) is 0. The molecule has 0 saturated carbocycles. The number of benzene rings is 2. The van der Waals surface area contributed by atoms with Crippen LogP contribution in [0.3, 0.4) is 0 Å². The average Bonchev–Trinajstić information content (AvgIpc) is 3.00. The van der Waals surface area contributed by atoms with E-state index in [-0.39, 0.29) is 17.7 Å². The standard InChI is InChI=1S/C20H22N2O/c1-14(2)20(23)22-12-17(15-8-4-3-5-9-15)18-13-21-19-11-7-6-10-16(18)19/h3-11,13-14,17,21H,12H2,1-2H3,(H,22,23). The molecule has 0 aliphatic heterocycles. The van der Waals surface area contributed by atoms with E-state index in [9.17, 15) is 4.79 Å². The predicted molar refractivity (Wildman–Crippen MR) is 94.4 cm³/mol. The number of fused-ring (bicyclic) bond motifs is 1. The van der Waals surface area contributed by atoms with Crippen molar-refractivity contribution in [3.63, 3.8) is 0 Å². The smallest absolute Gasteiger partial charge is 0.222 e. The molecule has 1 aromatic heterocycles. The summed E-state index contributed by atoms with van der Waals surface area (Å²) in [6.07, 6.45) is 2.06. The molecule has 0 fully saturated rings. The van der Waals surface area contributed by atoms with Gasteiger partial charge in [-0.3, -0.25) is 4.79 Å². The molecule has 1 amide bonds. The molecule has 0 aliphatic carbocycles. The summed E-state index contributed by atoms with van der Waals surface area (Å²) in [5.41, 5.74) is 3.55. The van der Waals surface area contributed by atoms with Gasteiger partial charge in [-0.15, -0.1) is 0 Å². The lowest BCUT2D eigenvalue weighted by molar-refractivity contribution is -0.124. The quantitative estimate of drug-likeness (QED) is 0.733. The van der Waals surface area contributed by atoms with E-state index in [4.69, 9.17) is 0 Å². The van der Waals surface area contributed by atoms with E-state index >= 15 is 0 Å². The van der Waals surface area contributed by atoms with Crippen LogP contribution in [-0.2, 0) is 4.79 Å². The number of aromatic nitrogens is 1. The van der Waals surface area contributed by atoms with Crippen LogP contribution in [-0.4, -0.2) is 17.4 Å². The van der Waals surface area contributed by atoms with Crippen molar-refractivity contribution >= 4 is 16.8 Å². The van der Waals surface area contributed by atoms with E-state index in [1.807, 2.05) is 38.1 Å². The van der Waals surface area contributed by atoms with E-state index in [0.29, 0.717) is 6.54 Å². The molecule has 1 heterocycles. The third-order valence-electron chi connectivity index (χ3n) is 4.20. The number of aromatic amines is 1. The molecule has 0 radical (unpaired) electrons. The minimum absolute atomic E-state index is 0.00519. The first-order valence-electron chi connectivity index (χ1n) is 8.05. The highest BCUT2D eigenvalue weighted by molar-refractivity contribution is 5.84. The van der Waals surface area contributed by atoms with Crippen LogP contribution in [0.2, 0.25) is 0 Å². The summed E-state index contributed by atoms with van der Waals surface area (Å²) >= 11 is 0. The second kappa shape index (κ2) is 6.69. The topological polar surface area (TPSA) is 44.9 Å². The van der Waals surface area contributed by atoms with Crippen molar-refractivity contribution in [2.75, 3.05) is 6.54 Å². The molecular weight excluding hydrogens is 284 g/mol. The first kappa shape index (κ1) is 15.3. The number of carbonyl (C=O) groups is 1. The van der Waals surface area contributed by atoms with E-state index in [1.54, 1.807) is 0 Å². The Labute approximate surface area is 136 Å². The van der Waals surface area contributed by atoms with Gasteiger partial charge in [0.15, 0.2) is 0 Å². The Morgan fingerprint density at radius 1 is 1.04 bits per heavy atom. The fraction of sp³-hybridized carbons (Fsp3) is 0.250. The van der Waals surface area contributed by atoms with Gasteiger partial charge in [-0.05, 0) is 17.2 Å². The predicted octanol–water partition coefficient (Wildman–Crippen LogP) is 4.07. The molecule has 3 rings (SSSR count). The number of nitrogens with one attached hydrogen (secondary N) is 2. The van der Waals surface area contributed by atoms with Crippen molar-refractivity contribution < 1.29 is 4.79 Å². The third kappa shape index (κ3) is 3.29. The maximum atomic E-state index is 12.0. The van der Waals surface area contributed by atoms with Crippen molar-refractivity contribution in [2.24, 2.45) is 5.92 Å². The molecule has 118 valence electrons. The molecule has 1 atom stereocenters. The van der Waals surface area contributed by atoms with Crippen molar-refractivity contribution in [2.45, 2.75) is 19.8 Å². The fourth-order valence-electron chi connectivity index (χ4n) is 2.88. The Morgan fingerprint density at radius 2 is 1.74 bits per heavy atom. The van der Waals surface area contributed by atoms with Gasteiger partial charge in [0.1, 0.15) is 0 Å². The SMILES string of the molecule is CC(C)C(=O)NCC(c1ccccc1)c1c[nH]c2ccccc12. The highest BCUT2D eigenvalue weighted by Gasteiger charge is 2.19. The summed E-state index contributed by atoms with van der Waals surface area (Å²) in [6.45, 7) is 4.43. The first-order valence-corrected chi connectivity index (χ1v) is 8.05. The number of para-hydroxylation sites is 1. The van der Waals surface area contributed by atoms with Crippen molar-refractivity contribution in [1.82, 2.24) is 10.3 Å². The monoisotopic (exact) mass is 306 g/mol. The lowest BCUT2D eigenvalue weighted by atomic mass is 9.91. The zero-order valence-corrected chi connectivity index (χ0v) is 13.5. The molecule has 1 unspecified atom stereocenters. The van der Waals surface area contributed by atoms with Crippen LogP contribution >= 0.6 is 0 Å². The normalized spacial score (nSPS) is 12.5. The van der Waals surface area contributed by atoms with E-state index in [0.717, 1.165) is 5.52 Å². The molecule has 3 heteroatoms. The molecule has 3 nitrogen and oxygen atoms in total. The van der Waals surface area contributed by atoms with Crippen LogP contribution < -0.4 is 5.32 Å². The molecule has 2 N–H and O–H groups in total. The van der Waals surface area contributed by atoms with Gasteiger partial charge < -0.3 is 10.3 Å². The molecule has 3 aromatic rings. The summed E-state index contributed by atoms with van der Waals surface area (Å²) in [4.78, 5) is 15.3. The zero-order valence-electron chi connectivity index (χ0n) is 13.5. The molecule has 0 bridgehead atoms. The lowest BCUT2D eigenvalue weighted by Gasteiger charge is -2.19. The molecule has 0 spiro atoms. The van der Waals surface area contributed by atoms with E-state index in [1.165, 1.54) is 16.5 Å². The second-order valence-electron chi connectivity index (χ2n) is 6.15. The largest absolute Gasteiger partial charge is 0.361 e. The van der Waals surface area contributed by atoms with Gasteiger partial charge in [0, 0.05) is 35.5 Å². The number of hydrogen-bond acceptors (Lipinski definition) is 1. The van der Waals surface area contributed by atoms with Gasteiger partial charge in [0.05, 0.1) is 0 Å². The second-order valence-corrected chi connectivity index (χ2v) is 6.15. The van der Waals surface area contributed by atoms with Crippen molar-refractivity contribution in [3.8, 4) is 0 Å². The van der Waals surface area contributed by atoms with Crippen LogP contribution in [0.25, 0.3) is 10.9 Å². The van der Waals surface area contributed by atoms with Gasteiger partial charge in [-0.25, -0.2) is 0 Å². The molecule has 0 saturated heterocycles. The Bertz CT molecular complexity index is 790. The Hall–Kier alpha value is -2.55. The fourth-order valence-corrected chi connectivity index (χ4v) is 2.88. The van der Waals surface area contributed by atoms with Gasteiger partial charge in [0.2, 0.25) is 5.91 Å². The zero-order chi connectivity index (χ0) is 16.2. The number of hydrogen-bond donors (Lipinski definition) is 2. The number of H-pyrrole nitrogens is 1. The summed E-state index contributed by atoms with van der Waals surface area (Å²) in [6, 6.07) is 18.6. The maximum Gasteiger partial charge on any atom is 0.222 e. The Balaban J connectivity index is 1.96. The van der Waals surface area contributed by atoms with Gasteiger partial charge >= 0.3 is 0 Å². The number of rotatable bonds is 5. The van der Waals surface area contributed by atoms with E-state index < -0.39 is 0 Å². The molecule has 2 aromatic carbocycles. The Kier molecular flexibility index (Phi) is 4.47. The summed E-state index contributed by atoms with van der Waals surface area (Å²) < 4.78 is 0. The Morgan fingerprint density at radius 3 is 2.48 bits per heavy atom. The lowest BCUT2D eigenvalue weighted by Crippen LogP contribution is -2.32. The first-order chi connectivity index (χ1) is 11.2. The van der Waals surface area contributed by atoms with Crippen LogP contribution in [0.15, 0.2) is 60.8 Å². The summed E-state index contributed by atoms with van der Waals surface area (Å²) in [5.74, 6) is 0.218. The molecular formula is C20H22N2O. The van der Waals surface area contributed by atoms with Crippen molar-refractivity contribution in [1.29, 1.82) is 0 Å². The minimum atomic E-state index is -0.00519. The maximum absolute atomic E-state index is 12.0. The number of amides is 1. The average molecular weight is 306 g/mol. The molecule has 23 heavy (non-hydrogen) atoms. The van der Waals surface area contributed by atoms with Crippen LogP contribution in [0, 0.1) is 5.92 Å². The molecule has 0 aliphatic rings. The highest BCUT2D eigenvalue weighted by atomic mass is 16.1. The highest BCUT2D eigenvalue weighted by Crippen LogP contribution is 2.30. The third-order valence-corrected chi connectivity index (χ3v) is 4.20. The number of carbonyl (C=O) groups excluding carboxylic acids is 1. The van der Waals surface area contributed by atoms with Crippen LogP contribution in [0.1, 0.15) is 30.9 Å². The van der Waals surface area contributed by atoms with Crippen LogP contribution in [0.4, 0.5) is 0 Å². The van der Waals surface area contributed by atoms with Gasteiger partial charge in [-0.1, -0.05) is 62.4 Å². The van der Waals surface area contributed by atoms with E-state index in [2.05, 4.69) is 46.8 Å². The van der Waals surface area contributed by atoms with Crippen LogP contribution in [0.5, 0.6) is 0 Å². The van der Waals surface area contributed by atoms with Gasteiger partial charge in [0.25, 0.3) is 0 Å².